The van der Waals surface area contributed by atoms with Crippen molar-refractivity contribution < 1.29 is 9.23 Å². The van der Waals surface area contributed by atoms with Crippen LogP contribution in [0.2, 0.25) is 0 Å². The van der Waals surface area contributed by atoms with Crippen LogP contribution in [0, 0.1) is 5.82 Å². The molecule has 1 aliphatic heterocycles. The van der Waals surface area contributed by atoms with Gasteiger partial charge in [0.1, 0.15) is 5.82 Å². The molecule has 1 fully saturated rings. The summed E-state index contributed by atoms with van der Waals surface area (Å²) >= 11 is 0. The minimum atomic E-state index is -0.184. The molecular weight excluding hydrogens is 207 g/mol. The highest BCUT2D eigenvalue weighted by atomic mass is 19.1. The lowest BCUT2D eigenvalue weighted by atomic mass is 10.1. The highest BCUT2D eigenvalue weighted by molar-refractivity contribution is 5.49. The molecule has 0 bridgehead atoms. The fourth-order valence-corrected chi connectivity index (χ4v) is 2.13. The first kappa shape index (κ1) is 11.4. The zero-order valence-electron chi connectivity index (χ0n) is 9.29. The molecule has 0 atom stereocenters. The van der Waals surface area contributed by atoms with Crippen LogP contribution in [0.3, 0.4) is 0 Å². The van der Waals surface area contributed by atoms with Crippen LogP contribution < -0.4 is 10.8 Å². The zero-order valence-corrected chi connectivity index (χ0v) is 9.29. The van der Waals surface area contributed by atoms with E-state index in [1.54, 1.807) is 0 Å². The number of nitrogens with two attached hydrogens (primary N) is 1. The number of nitrogens with zero attached hydrogens (tertiary/aromatic N) is 1. The minimum absolute atomic E-state index is 0.184. The Labute approximate surface area is 94.9 Å². The average Bonchev–Trinajstić information content (AvgIpc) is 2.31. The second kappa shape index (κ2) is 5.27. The molecule has 88 valence electrons. The maximum atomic E-state index is 13.8. The molecule has 0 radical (unpaired) electrons. The monoisotopic (exact) mass is 224 g/mol. The van der Waals surface area contributed by atoms with Gasteiger partial charge < -0.3 is 4.90 Å². The van der Waals surface area contributed by atoms with E-state index in [9.17, 15) is 4.39 Å². The molecule has 3 nitrogen and oxygen atoms in total. The Kier molecular flexibility index (Phi) is 3.74. The lowest BCUT2D eigenvalue weighted by molar-refractivity contribution is 0.124. The van der Waals surface area contributed by atoms with Crippen molar-refractivity contribution in [3.63, 3.8) is 0 Å². The van der Waals surface area contributed by atoms with Crippen LogP contribution in [0.4, 0.5) is 10.1 Å². The number of hydrogen-bond donors (Lipinski definition) is 1. The molecule has 2 rings (SSSR count). The van der Waals surface area contributed by atoms with E-state index in [0.29, 0.717) is 5.69 Å². The summed E-state index contributed by atoms with van der Waals surface area (Å²) in [5.41, 5.74) is 1.46. The van der Waals surface area contributed by atoms with Crippen LogP contribution >= 0.6 is 0 Å². The number of rotatable bonds is 3. The van der Waals surface area contributed by atoms with Gasteiger partial charge in [0.15, 0.2) is 0 Å². The molecule has 1 heterocycles. The van der Waals surface area contributed by atoms with Gasteiger partial charge in [0, 0.05) is 13.1 Å². The van der Waals surface area contributed by atoms with Gasteiger partial charge in [-0.05, 0) is 37.0 Å². The lowest BCUT2D eigenvalue weighted by Crippen LogP contribution is -2.30. The Hall–Kier alpha value is -1.13. The third-order valence-corrected chi connectivity index (χ3v) is 2.96. The van der Waals surface area contributed by atoms with Gasteiger partial charge in [-0.3, -0.25) is 4.84 Å². The van der Waals surface area contributed by atoms with Gasteiger partial charge in [0.05, 0.1) is 12.3 Å². The van der Waals surface area contributed by atoms with Crippen molar-refractivity contribution in [3.8, 4) is 0 Å². The summed E-state index contributed by atoms with van der Waals surface area (Å²) in [7, 11) is 0. The minimum Gasteiger partial charge on any atom is -0.369 e. The summed E-state index contributed by atoms with van der Waals surface area (Å²) in [6.45, 7) is 2.14. The van der Waals surface area contributed by atoms with Crippen LogP contribution in [0.15, 0.2) is 18.2 Å². The highest BCUT2D eigenvalue weighted by Gasteiger charge is 2.14. The maximum absolute atomic E-state index is 13.8. The van der Waals surface area contributed by atoms with Crippen LogP contribution in [0.5, 0.6) is 0 Å². The molecule has 1 aromatic carbocycles. The van der Waals surface area contributed by atoms with E-state index in [2.05, 4.69) is 9.74 Å². The molecule has 1 aromatic rings. The SMILES string of the molecule is NOCc1ccc(N2CCCCC2)c(F)c1. The third kappa shape index (κ3) is 2.51. The van der Waals surface area contributed by atoms with E-state index in [1.807, 2.05) is 12.1 Å². The number of piperidine rings is 1. The van der Waals surface area contributed by atoms with Crippen LogP contribution in [-0.4, -0.2) is 13.1 Å². The smallest absolute Gasteiger partial charge is 0.146 e. The quantitative estimate of drug-likeness (QED) is 0.800. The van der Waals surface area contributed by atoms with E-state index >= 15 is 0 Å². The van der Waals surface area contributed by atoms with E-state index in [-0.39, 0.29) is 12.4 Å². The number of halogens is 1. The van der Waals surface area contributed by atoms with Gasteiger partial charge in [0.25, 0.3) is 0 Å². The Morgan fingerprint density at radius 1 is 1.25 bits per heavy atom. The topological polar surface area (TPSA) is 38.5 Å². The summed E-state index contributed by atoms with van der Waals surface area (Å²) in [4.78, 5) is 6.59. The molecule has 4 heteroatoms. The number of benzene rings is 1. The van der Waals surface area contributed by atoms with Gasteiger partial charge >= 0.3 is 0 Å². The lowest BCUT2D eigenvalue weighted by Gasteiger charge is -2.29. The molecule has 0 amide bonds. The summed E-state index contributed by atoms with van der Waals surface area (Å²) in [6, 6.07) is 5.17. The molecule has 1 saturated heterocycles. The van der Waals surface area contributed by atoms with Gasteiger partial charge in [0.2, 0.25) is 0 Å². The largest absolute Gasteiger partial charge is 0.369 e. The van der Waals surface area contributed by atoms with Crippen molar-refractivity contribution >= 4 is 5.69 Å². The highest BCUT2D eigenvalue weighted by Crippen LogP contribution is 2.24. The van der Waals surface area contributed by atoms with Gasteiger partial charge in [-0.2, -0.15) is 0 Å². The molecule has 16 heavy (non-hydrogen) atoms. The van der Waals surface area contributed by atoms with Crippen molar-refractivity contribution in [1.82, 2.24) is 0 Å². The molecule has 2 N–H and O–H groups in total. The Morgan fingerprint density at radius 3 is 2.62 bits per heavy atom. The van der Waals surface area contributed by atoms with E-state index in [4.69, 9.17) is 5.90 Å². The summed E-state index contributed by atoms with van der Waals surface area (Å²) < 4.78 is 13.8. The van der Waals surface area contributed by atoms with Crippen molar-refractivity contribution in [3.05, 3.63) is 29.6 Å². The van der Waals surface area contributed by atoms with Crippen LogP contribution in [0.1, 0.15) is 24.8 Å². The second-order valence-electron chi connectivity index (χ2n) is 4.14. The first-order valence-electron chi connectivity index (χ1n) is 5.66. The molecule has 0 aromatic heterocycles. The van der Waals surface area contributed by atoms with Gasteiger partial charge in [-0.25, -0.2) is 10.3 Å². The predicted octanol–water partition coefficient (Wildman–Crippen LogP) is 2.21. The van der Waals surface area contributed by atoms with Gasteiger partial charge in [-0.1, -0.05) is 6.07 Å². The Balaban J connectivity index is 2.14. The molecular formula is C12H17FN2O. The third-order valence-electron chi connectivity index (χ3n) is 2.96. The van der Waals surface area contributed by atoms with Crippen molar-refractivity contribution in [2.75, 3.05) is 18.0 Å². The molecule has 0 aliphatic carbocycles. The predicted molar refractivity (Wildman–Crippen MR) is 61.4 cm³/mol. The number of anilines is 1. The van der Waals surface area contributed by atoms with E-state index < -0.39 is 0 Å². The fourth-order valence-electron chi connectivity index (χ4n) is 2.13. The second-order valence-corrected chi connectivity index (χ2v) is 4.14. The Morgan fingerprint density at radius 2 is 2.00 bits per heavy atom. The zero-order chi connectivity index (χ0) is 11.4. The van der Waals surface area contributed by atoms with Crippen molar-refractivity contribution in [1.29, 1.82) is 0 Å². The average molecular weight is 224 g/mol. The van der Waals surface area contributed by atoms with Crippen LogP contribution in [0.25, 0.3) is 0 Å². The molecule has 1 aliphatic rings. The fraction of sp³-hybridized carbons (Fsp3) is 0.500. The molecule has 0 spiro atoms. The van der Waals surface area contributed by atoms with E-state index in [1.165, 1.54) is 12.5 Å². The molecule has 0 unspecified atom stereocenters. The molecule has 0 saturated carbocycles. The summed E-state index contributed by atoms with van der Waals surface area (Å²) in [6.07, 6.45) is 3.54. The normalized spacial score (nSPS) is 16.5. The first-order valence-corrected chi connectivity index (χ1v) is 5.66. The summed E-state index contributed by atoms with van der Waals surface area (Å²) in [5.74, 6) is 4.77. The number of hydrogen-bond acceptors (Lipinski definition) is 3. The van der Waals surface area contributed by atoms with E-state index in [0.717, 1.165) is 31.5 Å². The maximum Gasteiger partial charge on any atom is 0.146 e. The first-order chi connectivity index (χ1) is 7.81. The Bertz CT molecular complexity index is 351. The standard InChI is InChI=1S/C12H17FN2O/c13-11-8-10(9-16-14)4-5-12(11)15-6-2-1-3-7-15/h4-5,8H,1-3,6-7,9,14H2. The van der Waals surface area contributed by atoms with Crippen molar-refractivity contribution in [2.24, 2.45) is 5.90 Å². The summed E-state index contributed by atoms with van der Waals surface area (Å²) in [5, 5.41) is 0. The van der Waals surface area contributed by atoms with Crippen LogP contribution in [-0.2, 0) is 11.4 Å². The van der Waals surface area contributed by atoms with Gasteiger partial charge in [-0.15, -0.1) is 0 Å². The van der Waals surface area contributed by atoms with Crippen molar-refractivity contribution in [2.45, 2.75) is 25.9 Å².